The molecular formula is C15H13F3N2O. The summed E-state index contributed by atoms with van der Waals surface area (Å²) in [7, 11) is 1.47. The van der Waals surface area contributed by atoms with Gasteiger partial charge in [0.05, 0.1) is 17.8 Å². The van der Waals surface area contributed by atoms with Gasteiger partial charge in [0.15, 0.2) is 17.5 Å². The Kier molecular flexibility index (Phi) is 4.26. The highest BCUT2D eigenvalue weighted by Gasteiger charge is 2.22. The number of halogens is 3. The molecule has 21 heavy (non-hydrogen) atoms. The predicted octanol–water partition coefficient (Wildman–Crippen LogP) is 3.33. The molecule has 1 heterocycles. The van der Waals surface area contributed by atoms with Crippen LogP contribution in [-0.2, 0) is 0 Å². The summed E-state index contributed by atoms with van der Waals surface area (Å²) in [6.45, 7) is 1.64. The van der Waals surface area contributed by atoms with Crippen molar-refractivity contribution in [3.63, 3.8) is 0 Å². The lowest BCUT2D eigenvalue weighted by Gasteiger charge is -2.25. The second-order valence-corrected chi connectivity index (χ2v) is 4.62. The van der Waals surface area contributed by atoms with Gasteiger partial charge in [0.1, 0.15) is 0 Å². The zero-order valence-electron chi connectivity index (χ0n) is 11.5. The first-order valence-corrected chi connectivity index (χ1v) is 6.23. The van der Waals surface area contributed by atoms with Crippen LogP contribution in [0.15, 0.2) is 36.7 Å². The van der Waals surface area contributed by atoms with E-state index in [1.807, 2.05) is 0 Å². The number of carbonyl (C=O) groups excluding carboxylic acids is 1. The first kappa shape index (κ1) is 15.0. The third-order valence-corrected chi connectivity index (χ3v) is 3.33. The van der Waals surface area contributed by atoms with E-state index >= 15 is 0 Å². The Labute approximate surface area is 120 Å². The fourth-order valence-corrected chi connectivity index (χ4v) is 1.91. The van der Waals surface area contributed by atoms with Crippen LogP contribution in [0.4, 0.5) is 13.2 Å². The summed E-state index contributed by atoms with van der Waals surface area (Å²) >= 11 is 0. The minimum Gasteiger partial charge on any atom is -0.335 e. The van der Waals surface area contributed by atoms with Crippen LogP contribution in [0.25, 0.3) is 0 Å². The van der Waals surface area contributed by atoms with Gasteiger partial charge in [-0.3, -0.25) is 9.78 Å². The predicted molar refractivity (Wildman–Crippen MR) is 71.1 cm³/mol. The molecule has 0 aliphatic heterocycles. The molecule has 110 valence electrons. The van der Waals surface area contributed by atoms with Crippen molar-refractivity contribution in [2.24, 2.45) is 0 Å². The van der Waals surface area contributed by atoms with Crippen LogP contribution in [0.2, 0.25) is 0 Å². The van der Waals surface area contributed by atoms with Crippen LogP contribution in [0, 0.1) is 17.5 Å². The maximum atomic E-state index is 13.6. The number of aromatic nitrogens is 1. The number of benzene rings is 1. The molecule has 1 atom stereocenters. The highest BCUT2D eigenvalue weighted by Crippen LogP contribution is 2.23. The number of rotatable bonds is 3. The zero-order valence-corrected chi connectivity index (χ0v) is 11.5. The third kappa shape index (κ3) is 3.04. The molecule has 0 fully saturated rings. The summed E-state index contributed by atoms with van der Waals surface area (Å²) in [5, 5.41) is 0. The molecule has 6 heteroatoms. The first-order valence-electron chi connectivity index (χ1n) is 6.23. The summed E-state index contributed by atoms with van der Waals surface area (Å²) in [6, 6.07) is 4.13. The maximum absolute atomic E-state index is 13.6. The van der Waals surface area contributed by atoms with E-state index in [1.165, 1.54) is 30.3 Å². The molecule has 1 unspecified atom stereocenters. The first-order chi connectivity index (χ1) is 9.91. The van der Waals surface area contributed by atoms with E-state index in [2.05, 4.69) is 4.98 Å². The van der Waals surface area contributed by atoms with Crippen molar-refractivity contribution in [3.8, 4) is 0 Å². The lowest BCUT2D eigenvalue weighted by atomic mass is 10.1. The van der Waals surface area contributed by atoms with Crippen LogP contribution < -0.4 is 0 Å². The van der Waals surface area contributed by atoms with Gasteiger partial charge in [0.2, 0.25) is 0 Å². The average Bonchev–Trinajstić information content (AvgIpc) is 2.48. The third-order valence-electron chi connectivity index (χ3n) is 3.33. The number of amides is 1. The van der Waals surface area contributed by atoms with Crippen molar-refractivity contribution in [1.29, 1.82) is 0 Å². The summed E-state index contributed by atoms with van der Waals surface area (Å²) < 4.78 is 39.7. The average molecular weight is 294 g/mol. The lowest BCUT2D eigenvalue weighted by molar-refractivity contribution is 0.0737. The summed E-state index contributed by atoms with van der Waals surface area (Å²) in [5.41, 5.74) is 0.293. The zero-order chi connectivity index (χ0) is 15.6. The molecule has 1 aromatic carbocycles. The molecule has 0 saturated heterocycles. The van der Waals surface area contributed by atoms with Crippen LogP contribution in [-0.4, -0.2) is 22.8 Å². The normalized spacial score (nSPS) is 12.0. The molecule has 0 spiro atoms. The number of hydrogen-bond donors (Lipinski definition) is 0. The minimum absolute atomic E-state index is 0.123. The van der Waals surface area contributed by atoms with Gasteiger partial charge in [-0.05, 0) is 30.7 Å². The number of pyridine rings is 1. The molecule has 1 aromatic heterocycles. The fourth-order valence-electron chi connectivity index (χ4n) is 1.91. The molecule has 2 rings (SSSR count). The van der Waals surface area contributed by atoms with E-state index in [-0.39, 0.29) is 5.56 Å². The molecule has 0 saturated carbocycles. The Morgan fingerprint density at radius 1 is 1.14 bits per heavy atom. The number of nitrogens with zero attached hydrogens (tertiary/aromatic N) is 2. The van der Waals surface area contributed by atoms with Gasteiger partial charge in [-0.1, -0.05) is 6.07 Å². The van der Waals surface area contributed by atoms with Gasteiger partial charge in [-0.2, -0.15) is 0 Å². The SMILES string of the molecule is CC(c1ccc(F)c(F)c1)N(C)C(=O)c1ccncc1F. The molecule has 1 amide bonds. The lowest BCUT2D eigenvalue weighted by Crippen LogP contribution is -2.30. The van der Waals surface area contributed by atoms with Crippen molar-refractivity contribution >= 4 is 5.91 Å². The second-order valence-electron chi connectivity index (χ2n) is 4.62. The van der Waals surface area contributed by atoms with E-state index in [9.17, 15) is 18.0 Å². The van der Waals surface area contributed by atoms with Crippen molar-refractivity contribution < 1.29 is 18.0 Å². The molecule has 0 bridgehead atoms. The van der Waals surface area contributed by atoms with E-state index < -0.39 is 29.4 Å². The smallest absolute Gasteiger partial charge is 0.257 e. The van der Waals surface area contributed by atoms with Gasteiger partial charge in [0.25, 0.3) is 5.91 Å². The van der Waals surface area contributed by atoms with Crippen molar-refractivity contribution in [2.45, 2.75) is 13.0 Å². The Balaban J connectivity index is 2.26. The van der Waals surface area contributed by atoms with E-state index in [0.29, 0.717) is 5.56 Å². The van der Waals surface area contributed by atoms with Crippen LogP contribution >= 0.6 is 0 Å². The topological polar surface area (TPSA) is 33.2 Å². The highest BCUT2D eigenvalue weighted by molar-refractivity contribution is 5.94. The molecular weight excluding hydrogens is 281 g/mol. The van der Waals surface area contributed by atoms with Gasteiger partial charge >= 0.3 is 0 Å². The summed E-state index contributed by atoms with van der Waals surface area (Å²) in [6.07, 6.45) is 2.26. The molecule has 0 aliphatic rings. The maximum Gasteiger partial charge on any atom is 0.257 e. The Bertz CT molecular complexity index is 676. The molecule has 3 nitrogen and oxygen atoms in total. The standard InChI is InChI=1S/C15H13F3N2O/c1-9(10-3-4-12(16)13(17)7-10)20(2)15(21)11-5-6-19-8-14(11)18/h3-9H,1-2H3. The van der Waals surface area contributed by atoms with Gasteiger partial charge in [-0.15, -0.1) is 0 Å². The van der Waals surface area contributed by atoms with Gasteiger partial charge in [0, 0.05) is 13.2 Å². The number of carbonyl (C=O) groups is 1. The van der Waals surface area contributed by atoms with Gasteiger partial charge < -0.3 is 4.90 Å². The molecule has 0 radical (unpaired) electrons. The Morgan fingerprint density at radius 3 is 2.48 bits per heavy atom. The van der Waals surface area contributed by atoms with Crippen LogP contribution in [0.3, 0.4) is 0 Å². The summed E-state index contributed by atoms with van der Waals surface area (Å²) in [4.78, 5) is 17.1. The second kappa shape index (κ2) is 5.95. The minimum atomic E-state index is -0.990. The molecule has 2 aromatic rings. The van der Waals surface area contributed by atoms with Crippen LogP contribution in [0.5, 0.6) is 0 Å². The van der Waals surface area contributed by atoms with Crippen LogP contribution in [0.1, 0.15) is 28.9 Å². The Hall–Kier alpha value is -2.37. The van der Waals surface area contributed by atoms with E-state index in [4.69, 9.17) is 0 Å². The fraction of sp³-hybridized carbons (Fsp3) is 0.200. The van der Waals surface area contributed by atoms with E-state index in [1.54, 1.807) is 6.92 Å². The Morgan fingerprint density at radius 2 is 1.86 bits per heavy atom. The molecule has 0 N–H and O–H groups in total. The quantitative estimate of drug-likeness (QED) is 0.870. The van der Waals surface area contributed by atoms with Gasteiger partial charge in [-0.25, -0.2) is 13.2 Å². The highest BCUT2D eigenvalue weighted by atomic mass is 19.2. The monoisotopic (exact) mass is 294 g/mol. The van der Waals surface area contributed by atoms with Crippen molar-refractivity contribution in [3.05, 3.63) is 65.2 Å². The van der Waals surface area contributed by atoms with Crippen molar-refractivity contribution in [2.75, 3.05) is 7.05 Å². The number of hydrogen-bond acceptors (Lipinski definition) is 2. The van der Waals surface area contributed by atoms with Crippen molar-refractivity contribution in [1.82, 2.24) is 9.88 Å². The van der Waals surface area contributed by atoms with E-state index in [0.717, 1.165) is 18.3 Å². The summed E-state index contributed by atoms with van der Waals surface area (Å²) in [5.74, 6) is -3.24. The largest absolute Gasteiger partial charge is 0.335 e. The molecule has 0 aliphatic carbocycles.